The van der Waals surface area contributed by atoms with Gasteiger partial charge in [0.2, 0.25) is 0 Å². The minimum atomic E-state index is -0.662. The van der Waals surface area contributed by atoms with E-state index in [0.717, 1.165) is 31.0 Å². The van der Waals surface area contributed by atoms with Crippen LogP contribution in [0.5, 0.6) is 0 Å². The number of benzene rings is 1. The fraction of sp³-hybridized carbons (Fsp3) is 0.417. The molecular weight excluding hydrogens is 212 g/mol. The molecule has 16 heavy (non-hydrogen) atoms. The lowest BCUT2D eigenvalue weighted by atomic mass is 10.0. The average Bonchev–Trinajstić information content (AvgIpc) is 2.27. The molecule has 1 aromatic carbocycles. The molecule has 0 radical (unpaired) electrons. The third-order valence-electron chi connectivity index (χ3n) is 2.34. The third-order valence-corrected chi connectivity index (χ3v) is 2.34. The van der Waals surface area contributed by atoms with Crippen LogP contribution in [0.1, 0.15) is 36.0 Å². The zero-order chi connectivity index (χ0) is 12.0. The lowest BCUT2D eigenvalue weighted by Crippen LogP contribution is -2.04. The molecular formula is C12H15F2NO. The van der Waals surface area contributed by atoms with Crippen molar-refractivity contribution in [2.45, 2.75) is 25.7 Å². The zero-order valence-electron chi connectivity index (χ0n) is 9.01. The van der Waals surface area contributed by atoms with E-state index in [4.69, 9.17) is 5.73 Å². The number of halogens is 2. The van der Waals surface area contributed by atoms with E-state index in [1.165, 1.54) is 0 Å². The minimum absolute atomic E-state index is 0.159. The first kappa shape index (κ1) is 12.8. The van der Waals surface area contributed by atoms with Crippen LogP contribution in [0, 0.1) is 11.6 Å². The van der Waals surface area contributed by atoms with Crippen LogP contribution in [0.4, 0.5) is 8.78 Å². The van der Waals surface area contributed by atoms with E-state index in [2.05, 4.69) is 0 Å². The second kappa shape index (κ2) is 6.33. The Morgan fingerprint density at radius 2 is 1.94 bits per heavy atom. The molecule has 0 unspecified atom stereocenters. The minimum Gasteiger partial charge on any atom is -0.330 e. The Morgan fingerprint density at radius 1 is 1.19 bits per heavy atom. The van der Waals surface area contributed by atoms with E-state index in [1.807, 2.05) is 0 Å². The smallest absolute Gasteiger partial charge is 0.165 e. The van der Waals surface area contributed by atoms with Crippen LogP contribution >= 0.6 is 0 Å². The first-order chi connectivity index (χ1) is 7.65. The van der Waals surface area contributed by atoms with Crippen LogP contribution in [0.15, 0.2) is 18.2 Å². The third kappa shape index (κ3) is 3.70. The van der Waals surface area contributed by atoms with E-state index < -0.39 is 11.6 Å². The molecule has 0 saturated heterocycles. The van der Waals surface area contributed by atoms with Crippen molar-refractivity contribution in [3.8, 4) is 0 Å². The van der Waals surface area contributed by atoms with Gasteiger partial charge in [-0.1, -0.05) is 6.42 Å². The van der Waals surface area contributed by atoms with Crippen molar-refractivity contribution in [3.05, 3.63) is 35.4 Å². The van der Waals surface area contributed by atoms with Gasteiger partial charge in [-0.2, -0.15) is 0 Å². The van der Waals surface area contributed by atoms with Gasteiger partial charge >= 0.3 is 0 Å². The van der Waals surface area contributed by atoms with Crippen LogP contribution in [-0.4, -0.2) is 12.3 Å². The number of hydrogen-bond donors (Lipinski definition) is 1. The van der Waals surface area contributed by atoms with E-state index in [0.29, 0.717) is 13.0 Å². The predicted molar refractivity (Wildman–Crippen MR) is 58.2 cm³/mol. The molecule has 0 aliphatic heterocycles. The van der Waals surface area contributed by atoms with Gasteiger partial charge < -0.3 is 5.73 Å². The molecule has 2 nitrogen and oxygen atoms in total. The van der Waals surface area contributed by atoms with Gasteiger partial charge in [0, 0.05) is 6.42 Å². The Balaban J connectivity index is 2.55. The summed E-state index contributed by atoms with van der Waals surface area (Å²) in [4.78, 5) is 11.5. The molecule has 0 bridgehead atoms. The van der Waals surface area contributed by atoms with Crippen LogP contribution in [0.3, 0.4) is 0 Å². The van der Waals surface area contributed by atoms with E-state index >= 15 is 0 Å². The maximum absolute atomic E-state index is 13.2. The van der Waals surface area contributed by atoms with Crippen LogP contribution < -0.4 is 5.73 Å². The molecule has 0 aromatic heterocycles. The van der Waals surface area contributed by atoms with Crippen molar-refractivity contribution < 1.29 is 13.6 Å². The summed E-state index contributed by atoms with van der Waals surface area (Å²) in [5.41, 5.74) is 5.15. The second-order valence-electron chi connectivity index (χ2n) is 3.65. The molecule has 88 valence electrons. The molecule has 0 atom stereocenters. The maximum atomic E-state index is 13.2. The number of Topliss-reactive ketones (excluding diaryl/α,β-unsaturated/α-hetero) is 1. The summed E-state index contributed by atoms with van der Waals surface area (Å²) in [5.74, 6) is -1.61. The Morgan fingerprint density at radius 3 is 2.62 bits per heavy atom. The Hall–Kier alpha value is -1.29. The second-order valence-corrected chi connectivity index (χ2v) is 3.65. The highest BCUT2D eigenvalue weighted by Gasteiger charge is 2.12. The molecule has 4 heteroatoms. The summed E-state index contributed by atoms with van der Waals surface area (Å²) < 4.78 is 26.0. The lowest BCUT2D eigenvalue weighted by molar-refractivity contribution is 0.0975. The first-order valence-corrected chi connectivity index (χ1v) is 5.33. The average molecular weight is 227 g/mol. The first-order valence-electron chi connectivity index (χ1n) is 5.33. The van der Waals surface area contributed by atoms with Crippen molar-refractivity contribution in [2.75, 3.05) is 6.54 Å². The topological polar surface area (TPSA) is 43.1 Å². The Bertz CT molecular complexity index is 366. The fourth-order valence-electron chi connectivity index (χ4n) is 1.45. The Labute approximate surface area is 93.5 Å². The largest absolute Gasteiger partial charge is 0.330 e. The summed E-state index contributed by atoms with van der Waals surface area (Å²) in [7, 11) is 0. The quantitative estimate of drug-likeness (QED) is 0.599. The van der Waals surface area contributed by atoms with E-state index in [9.17, 15) is 13.6 Å². The van der Waals surface area contributed by atoms with Crippen molar-refractivity contribution in [1.29, 1.82) is 0 Å². The number of nitrogens with two attached hydrogens (primary N) is 1. The number of rotatable bonds is 6. The van der Waals surface area contributed by atoms with Crippen molar-refractivity contribution in [2.24, 2.45) is 5.73 Å². The maximum Gasteiger partial charge on any atom is 0.165 e. The highest BCUT2D eigenvalue weighted by molar-refractivity contribution is 5.96. The SMILES string of the molecule is NCCCCCC(=O)c1cc(F)ccc1F. The van der Waals surface area contributed by atoms with Gasteiger partial charge in [-0.05, 0) is 37.6 Å². The normalized spacial score (nSPS) is 10.4. The summed E-state index contributed by atoms with van der Waals surface area (Å²) in [6.07, 6.45) is 2.57. The standard InChI is InChI=1S/C12H15F2NO/c13-9-5-6-11(14)10(8-9)12(16)4-2-1-3-7-15/h5-6,8H,1-4,7,15H2. The van der Waals surface area contributed by atoms with Gasteiger partial charge in [-0.3, -0.25) is 4.79 Å². The van der Waals surface area contributed by atoms with Gasteiger partial charge in [0.15, 0.2) is 5.78 Å². The number of carbonyl (C=O) groups is 1. The highest BCUT2D eigenvalue weighted by Crippen LogP contribution is 2.13. The molecule has 0 aliphatic rings. The van der Waals surface area contributed by atoms with E-state index in [-0.39, 0.29) is 17.8 Å². The zero-order valence-corrected chi connectivity index (χ0v) is 9.01. The monoisotopic (exact) mass is 227 g/mol. The van der Waals surface area contributed by atoms with Crippen molar-refractivity contribution >= 4 is 5.78 Å². The van der Waals surface area contributed by atoms with E-state index in [1.54, 1.807) is 0 Å². The highest BCUT2D eigenvalue weighted by atomic mass is 19.1. The van der Waals surface area contributed by atoms with Crippen LogP contribution in [-0.2, 0) is 0 Å². The van der Waals surface area contributed by atoms with Gasteiger partial charge in [-0.15, -0.1) is 0 Å². The van der Waals surface area contributed by atoms with Crippen LogP contribution in [0.25, 0.3) is 0 Å². The van der Waals surface area contributed by atoms with Gasteiger partial charge in [-0.25, -0.2) is 8.78 Å². The molecule has 1 aromatic rings. The molecule has 0 fully saturated rings. The number of unbranched alkanes of at least 4 members (excludes halogenated alkanes) is 2. The molecule has 0 heterocycles. The summed E-state index contributed by atoms with van der Waals surface area (Å²) in [6, 6.07) is 2.92. The molecule has 0 amide bonds. The van der Waals surface area contributed by atoms with Gasteiger partial charge in [0.25, 0.3) is 0 Å². The molecule has 0 spiro atoms. The predicted octanol–water partition coefficient (Wildman–Crippen LogP) is 2.67. The molecule has 0 aliphatic carbocycles. The summed E-state index contributed by atoms with van der Waals surface area (Å²) in [6.45, 7) is 0.586. The molecule has 1 rings (SSSR count). The Kier molecular flexibility index (Phi) is 5.05. The number of carbonyl (C=O) groups excluding carboxylic acids is 1. The van der Waals surface area contributed by atoms with Crippen LogP contribution in [0.2, 0.25) is 0 Å². The van der Waals surface area contributed by atoms with Gasteiger partial charge in [0.05, 0.1) is 5.56 Å². The molecule has 2 N–H and O–H groups in total. The number of ketones is 1. The van der Waals surface area contributed by atoms with Gasteiger partial charge in [0.1, 0.15) is 11.6 Å². The fourth-order valence-corrected chi connectivity index (χ4v) is 1.45. The van der Waals surface area contributed by atoms with Crippen molar-refractivity contribution in [1.82, 2.24) is 0 Å². The van der Waals surface area contributed by atoms with Crippen molar-refractivity contribution in [3.63, 3.8) is 0 Å². The lowest BCUT2D eigenvalue weighted by Gasteiger charge is -2.02. The number of hydrogen-bond acceptors (Lipinski definition) is 2. The molecule has 0 saturated carbocycles. The summed E-state index contributed by atoms with van der Waals surface area (Å²) >= 11 is 0. The summed E-state index contributed by atoms with van der Waals surface area (Å²) in [5, 5.41) is 0.